The van der Waals surface area contributed by atoms with Crippen molar-refractivity contribution in [2.45, 2.75) is 12.5 Å². The third-order valence-electron chi connectivity index (χ3n) is 3.79. The van der Waals surface area contributed by atoms with E-state index in [-0.39, 0.29) is 17.7 Å². The summed E-state index contributed by atoms with van der Waals surface area (Å²) in [5.41, 5.74) is 1.15. The molecular weight excluding hydrogens is 258 g/mol. The van der Waals surface area contributed by atoms with Gasteiger partial charge < -0.3 is 10.1 Å². The molecule has 1 fully saturated rings. The molecule has 19 heavy (non-hydrogen) atoms. The van der Waals surface area contributed by atoms with Gasteiger partial charge in [-0.3, -0.25) is 4.79 Å². The van der Waals surface area contributed by atoms with Crippen molar-refractivity contribution in [3.05, 3.63) is 35.2 Å². The Balaban J connectivity index is 1.79. The first-order valence-electron chi connectivity index (χ1n) is 6.52. The molecule has 1 aliphatic rings. The monoisotopic (exact) mass is 275 g/mol. The fraction of sp³-hybridized carbons (Fsp3) is 0.400. The Hall–Kier alpha value is -1.23. The summed E-state index contributed by atoms with van der Waals surface area (Å²) in [5, 5.41) is 6.48. The van der Waals surface area contributed by atoms with Crippen molar-refractivity contribution in [3.63, 3.8) is 0 Å². The van der Waals surface area contributed by atoms with Crippen molar-refractivity contribution in [3.8, 4) is 0 Å². The normalized spacial score (nSPS) is 23.0. The summed E-state index contributed by atoms with van der Waals surface area (Å²) in [6.45, 7) is 1.18. The summed E-state index contributed by atoms with van der Waals surface area (Å²) >= 11 is 1.71. The van der Waals surface area contributed by atoms with E-state index in [1.807, 2.05) is 19.2 Å². The maximum absolute atomic E-state index is 12.4. The Morgan fingerprint density at radius 1 is 1.42 bits per heavy atom. The van der Waals surface area contributed by atoms with Gasteiger partial charge in [0.2, 0.25) is 0 Å². The van der Waals surface area contributed by atoms with Crippen molar-refractivity contribution in [1.29, 1.82) is 0 Å². The molecule has 0 spiro atoms. The highest BCUT2D eigenvalue weighted by Gasteiger charge is 2.32. The Kier molecular flexibility index (Phi) is 3.64. The fourth-order valence-electron chi connectivity index (χ4n) is 2.64. The maximum Gasteiger partial charge on any atom is 0.144 e. The summed E-state index contributed by atoms with van der Waals surface area (Å²) in [5.74, 6) is 0.268. The van der Waals surface area contributed by atoms with Crippen LogP contribution in [0.2, 0.25) is 0 Å². The number of hydrogen-bond donors (Lipinski definition) is 1. The molecule has 2 atom stereocenters. The molecule has 1 aliphatic heterocycles. The first-order valence-corrected chi connectivity index (χ1v) is 7.40. The van der Waals surface area contributed by atoms with Crippen LogP contribution in [0.15, 0.2) is 29.6 Å². The number of carbonyl (C=O) groups excluding carboxylic acids is 1. The van der Waals surface area contributed by atoms with Gasteiger partial charge in [-0.05, 0) is 29.4 Å². The summed E-state index contributed by atoms with van der Waals surface area (Å²) in [4.78, 5) is 12.4. The minimum atomic E-state index is -0.0105. The second-order valence-electron chi connectivity index (χ2n) is 4.94. The standard InChI is InChI=1S/C15H17NO2S/c1-16-13-8-18-7-12(13)14(17)6-10-9-19-15-5-3-2-4-11(10)15/h2-5,9,12-13,16H,6-8H2,1H3. The summed E-state index contributed by atoms with van der Waals surface area (Å²) in [6, 6.07) is 8.42. The van der Waals surface area contributed by atoms with E-state index >= 15 is 0 Å². The van der Waals surface area contributed by atoms with Crippen LogP contribution in [0.4, 0.5) is 0 Å². The van der Waals surface area contributed by atoms with Crippen LogP contribution in [0.5, 0.6) is 0 Å². The number of likely N-dealkylation sites (N-methyl/N-ethyl adjacent to an activating group) is 1. The topological polar surface area (TPSA) is 38.3 Å². The Bertz CT molecular complexity index is 593. The number of benzene rings is 1. The third-order valence-corrected chi connectivity index (χ3v) is 4.80. The lowest BCUT2D eigenvalue weighted by atomic mass is 9.94. The summed E-state index contributed by atoms with van der Waals surface area (Å²) in [6.07, 6.45) is 0.510. The average molecular weight is 275 g/mol. The van der Waals surface area contributed by atoms with Gasteiger partial charge in [0.05, 0.1) is 19.1 Å². The number of carbonyl (C=O) groups is 1. The molecule has 0 bridgehead atoms. The van der Waals surface area contributed by atoms with Gasteiger partial charge in [-0.25, -0.2) is 0 Å². The smallest absolute Gasteiger partial charge is 0.144 e. The van der Waals surface area contributed by atoms with E-state index in [9.17, 15) is 4.79 Å². The van der Waals surface area contributed by atoms with E-state index in [1.165, 1.54) is 10.1 Å². The molecule has 0 amide bonds. The zero-order chi connectivity index (χ0) is 13.2. The number of hydrogen-bond acceptors (Lipinski definition) is 4. The first kappa shape index (κ1) is 12.8. The number of thiophene rings is 1. The van der Waals surface area contributed by atoms with Crippen LogP contribution in [0, 0.1) is 5.92 Å². The van der Waals surface area contributed by atoms with Gasteiger partial charge in [0.1, 0.15) is 5.78 Å². The van der Waals surface area contributed by atoms with Gasteiger partial charge in [-0.2, -0.15) is 0 Å². The zero-order valence-electron chi connectivity index (χ0n) is 10.9. The largest absolute Gasteiger partial charge is 0.379 e. The van der Waals surface area contributed by atoms with Crippen molar-refractivity contribution in [2.24, 2.45) is 5.92 Å². The van der Waals surface area contributed by atoms with E-state index in [1.54, 1.807) is 11.3 Å². The van der Waals surface area contributed by atoms with Crippen LogP contribution < -0.4 is 5.32 Å². The number of Topliss-reactive ketones (excluding diaryl/α,β-unsaturated/α-hetero) is 1. The number of nitrogens with one attached hydrogen (secondary N) is 1. The molecule has 1 aromatic carbocycles. The van der Waals surface area contributed by atoms with Crippen molar-refractivity contribution < 1.29 is 9.53 Å². The van der Waals surface area contributed by atoms with Crippen molar-refractivity contribution >= 4 is 27.2 Å². The molecule has 2 aromatic rings. The highest BCUT2D eigenvalue weighted by Crippen LogP contribution is 2.27. The van der Waals surface area contributed by atoms with Crippen LogP contribution in [0.25, 0.3) is 10.1 Å². The van der Waals surface area contributed by atoms with Crippen molar-refractivity contribution in [2.75, 3.05) is 20.3 Å². The number of ketones is 1. The van der Waals surface area contributed by atoms with Gasteiger partial charge >= 0.3 is 0 Å². The number of rotatable bonds is 4. The second-order valence-corrected chi connectivity index (χ2v) is 5.85. The van der Waals surface area contributed by atoms with Gasteiger partial charge in [-0.15, -0.1) is 11.3 Å². The molecule has 4 heteroatoms. The van der Waals surface area contributed by atoms with Crippen LogP contribution in [-0.4, -0.2) is 32.1 Å². The van der Waals surface area contributed by atoms with E-state index in [0.717, 1.165) is 5.56 Å². The van der Waals surface area contributed by atoms with E-state index in [2.05, 4.69) is 22.8 Å². The molecule has 1 saturated heterocycles. The quantitative estimate of drug-likeness (QED) is 0.930. The second kappa shape index (κ2) is 5.41. The minimum Gasteiger partial charge on any atom is -0.379 e. The number of fused-ring (bicyclic) bond motifs is 1. The molecule has 3 rings (SSSR count). The summed E-state index contributed by atoms with van der Waals surface area (Å²) < 4.78 is 6.66. The van der Waals surface area contributed by atoms with Crippen LogP contribution in [-0.2, 0) is 16.0 Å². The molecule has 100 valence electrons. The van der Waals surface area contributed by atoms with Gasteiger partial charge in [0.15, 0.2) is 0 Å². The Labute approximate surface area is 116 Å². The summed E-state index contributed by atoms with van der Waals surface area (Å²) in [7, 11) is 1.89. The number of ether oxygens (including phenoxy) is 1. The lowest BCUT2D eigenvalue weighted by molar-refractivity contribution is -0.122. The Morgan fingerprint density at radius 3 is 3.11 bits per heavy atom. The Morgan fingerprint density at radius 2 is 2.26 bits per heavy atom. The van der Waals surface area contributed by atoms with Crippen LogP contribution >= 0.6 is 11.3 Å². The molecule has 3 nitrogen and oxygen atoms in total. The van der Waals surface area contributed by atoms with E-state index in [4.69, 9.17) is 4.74 Å². The van der Waals surface area contributed by atoms with E-state index < -0.39 is 0 Å². The highest BCUT2D eigenvalue weighted by molar-refractivity contribution is 7.17. The van der Waals surface area contributed by atoms with E-state index in [0.29, 0.717) is 19.6 Å². The highest BCUT2D eigenvalue weighted by atomic mass is 32.1. The predicted octanol–water partition coefficient (Wildman–Crippen LogP) is 2.25. The molecule has 0 aliphatic carbocycles. The molecule has 1 aromatic heterocycles. The molecule has 0 radical (unpaired) electrons. The molecule has 0 saturated carbocycles. The average Bonchev–Trinajstić information content (AvgIpc) is 3.05. The van der Waals surface area contributed by atoms with Crippen LogP contribution in [0.3, 0.4) is 0 Å². The zero-order valence-corrected chi connectivity index (χ0v) is 11.7. The lowest BCUT2D eigenvalue weighted by Crippen LogP contribution is -2.37. The van der Waals surface area contributed by atoms with Gasteiger partial charge in [-0.1, -0.05) is 18.2 Å². The fourth-order valence-corrected chi connectivity index (χ4v) is 3.61. The van der Waals surface area contributed by atoms with Crippen LogP contribution in [0.1, 0.15) is 5.56 Å². The first-order chi connectivity index (χ1) is 9.29. The lowest BCUT2D eigenvalue weighted by Gasteiger charge is -2.15. The molecule has 1 N–H and O–H groups in total. The predicted molar refractivity (Wildman–Crippen MR) is 77.7 cm³/mol. The van der Waals surface area contributed by atoms with Gasteiger partial charge in [0, 0.05) is 17.2 Å². The minimum absolute atomic E-state index is 0.0105. The third kappa shape index (κ3) is 2.43. The maximum atomic E-state index is 12.4. The van der Waals surface area contributed by atoms with Crippen molar-refractivity contribution in [1.82, 2.24) is 5.32 Å². The van der Waals surface area contributed by atoms with Gasteiger partial charge in [0.25, 0.3) is 0 Å². The molecular formula is C15H17NO2S. The molecule has 2 unspecified atom stereocenters. The molecule has 2 heterocycles. The SMILES string of the molecule is CNC1COCC1C(=O)Cc1csc2ccccc12.